The van der Waals surface area contributed by atoms with Crippen molar-refractivity contribution in [2.45, 2.75) is 37.4 Å². The fourth-order valence-corrected chi connectivity index (χ4v) is 4.12. The SMILES string of the molecule is O=C(NCCSC1CCCCC1)c1cccc(I)c1. The summed E-state index contributed by atoms with van der Waals surface area (Å²) in [6.07, 6.45) is 6.88. The van der Waals surface area contributed by atoms with Crippen LogP contribution in [0.3, 0.4) is 0 Å². The van der Waals surface area contributed by atoms with Crippen molar-refractivity contribution in [1.29, 1.82) is 0 Å². The molecule has 0 radical (unpaired) electrons. The molecular formula is C15H20INOS. The van der Waals surface area contributed by atoms with Gasteiger partial charge in [-0.15, -0.1) is 0 Å². The summed E-state index contributed by atoms with van der Waals surface area (Å²) in [7, 11) is 0. The Morgan fingerprint density at radius 3 is 2.84 bits per heavy atom. The summed E-state index contributed by atoms with van der Waals surface area (Å²) in [5.41, 5.74) is 0.759. The number of carbonyl (C=O) groups is 1. The van der Waals surface area contributed by atoms with Gasteiger partial charge in [-0.25, -0.2) is 0 Å². The van der Waals surface area contributed by atoms with Crippen molar-refractivity contribution < 1.29 is 4.79 Å². The third-order valence-electron chi connectivity index (χ3n) is 3.38. The van der Waals surface area contributed by atoms with Gasteiger partial charge in [-0.3, -0.25) is 4.79 Å². The molecule has 19 heavy (non-hydrogen) atoms. The van der Waals surface area contributed by atoms with Crippen LogP contribution in [0.25, 0.3) is 0 Å². The molecule has 1 aromatic carbocycles. The van der Waals surface area contributed by atoms with Crippen LogP contribution in [0.1, 0.15) is 42.5 Å². The van der Waals surface area contributed by atoms with Gasteiger partial charge in [0.1, 0.15) is 0 Å². The molecule has 0 saturated heterocycles. The smallest absolute Gasteiger partial charge is 0.251 e. The van der Waals surface area contributed by atoms with Crippen LogP contribution in [0.15, 0.2) is 24.3 Å². The highest BCUT2D eigenvalue weighted by Crippen LogP contribution is 2.27. The minimum absolute atomic E-state index is 0.0442. The topological polar surface area (TPSA) is 29.1 Å². The van der Waals surface area contributed by atoms with E-state index < -0.39 is 0 Å². The molecule has 0 spiro atoms. The van der Waals surface area contributed by atoms with Crippen LogP contribution in [0.4, 0.5) is 0 Å². The van der Waals surface area contributed by atoms with Crippen molar-refractivity contribution in [1.82, 2.24) is 5.32 Å². The Hall–Kier alpha value is -0.230. The van der Waals surface area contributed by atoms with Crippen LogP contribution >= 0.6 is 34.4 Å². The minimum Gasteiger partial charge on any atom is -0.351 e. The maximum Gasteiger partial charge on any atom is 0.251 e. The van der Waals surface area contributed by atoms with Crippen LogP contribution in [0.2, 0.25) is 0 Å². The molecular weight excluding hydrogens is 369 g/mol. The lowest BCUT2D eigenvalue weighted by atomic mass is 10.0. The zero-order valence-electron chi connectivity index (χ0n) is 11.0. The van der Waals surface area contributed by atoms with E-state index in [9.17, 15) is 4.79 Å². The maximum absolute atomic E-state index is 11.9. The van der Waals surface area contributed by atoms with Crippen LogP contribution in [0.5, 0.6) is 0 Å². The summed E-state index contributed by atoms with van der Waals surface area (Å²) in [5.74, 6) is 1.07. The quantitative estimate of drug-likeness (QED) is 0.607. The number of thioether (sulfide) groups is 1. The van der Waals surface area contributed by atoms with Gasteiger partial charge in [0, 0.05) is 26.7 Å². The summed E-state index contributed by atoms with van der Waals surface area (Å²) in [4.78, 5) is 11.9. The van der Waals surface area contributed by atoms with E-state index >= 15 is 0 Å². The molecule has 0 unspecified atom stereocenters. The number of benzene rings is 1. The standard InChI is InChI=1S/C15H20INOS/c16-13-6-4-5-12(11-13)15(18)17-9-10-19-14-7-2-1-3-8-14/h4-6,11,14H,1-3,7-10H2,(H,17,18). The molecule has 1 aromatic rings. The third-order valence-corrected chi connectivity index (χ3v) is 5.43. The molecule has 4 heteroatoms. The van der Waals surface area contributed by atoms with Crippen molar-refractivity contribution in [3.05, 3.63) is 33.4 Å². The summed E-state index contributed by atoms with van der Waals surface area (Å²) >= 11 is 4.25. The molecule has 0 aliphatic heterocycles. The predicted octanol–water partition coefficient (Wildman–Crippen LogP) is 4.09. The van der Waals surface area contributed by atoms with E-state index in [0.29, 0.717) is 0 Å². The summed E-state index contributed by atoms with van der Waals surface area (Å²) in [6, 6.07) is 7.71. The van der Waals surface area contributed by atoms with E-state index in [-0.39, 0.29) is 5.91 Å². The first-order valence-electron chi connectivity index (χ1n) is 6.91. The van der Waals surface area contributed by atoms with Gasteiger partial charge in [0.15, 0.2) is 0 Å². The Bertz CT molecular complexity index is 418. The van der Waals surface area contributed by atoms with Gasteiger partial charge in [0.25, 0.3) is 5.91 Å². The molecule has 0 heterocycles. The van der Waals surface area contributed by atoms with Crippen LogP contribution < -0.4 is 5.32 Å². The van der Waals surface area contributed by atoms with E-state index in [1.165, 1.54) is 32.1 Å². The van der Waals surface area contributed by atoms with Gasteiger partial charge >= 0.3 is 0 Å². The molecule has 1 saturated carbocycles. The number of carbonyl (C=O) groups excluding carboxylic acids is 1. The Labute approximate surface area is 133 Å². The molecule has 2 nitrogen and oxygen atoms in total. The lowest BCUT2D eigenvalue weighted by molar-refractivity contribution is 0.0956. The molecule has 104 valence electrons. The summed E-state index contributed by atoms with van der Waals surface area (Å²) in [6.45, 7) is 0.769. The first kappa shape index (κ1) is 15.2. The molecule has 1 aliphatic carbocycles. The molecule has 2 rings (SSSR count). The Morgan fingerprint density at radius 1 is 1.32 bits per heavy atom. The first-order valence-corrected chi connectivity index (χ1v) is 9.04. The lowest BCUT2D eigenvalue weighted by Crippen LogP contribution is -2.26. The number of rotatable bonds is 5. The van der Waals surface area contributed by atoms with Gasteiger partial charge in [0.2, 0.25) is 0 Å². The predicted molar refractivity (Wildman–Crippen MR) is 90.8 cm³/mol. The molecule has 1 aliphatic rings. The van der Waals surface area contributed by atoms with Crippen molar-refractivity contribution in [3.8, 4) is 0 Å². The molecule has 0 bridgehead atoms. The lowest BCUT2D eigenvalue weighted by Gasteiger charge is -2.20. The summed E-state index contributed by atoms with van der Waals surface area (Å²) < 4.78 is 1.10. The Balaban J connectivity index is 1.66. The Morgan fingerprint density at radius 2 is 2.11 bits per heavy atom. The van der Waals surface area contributed by atoms with Crippen LogP contribution in [-0.2, 0) is 0 Å². The zero-order valence-corrected chi connectivity index (χ0v) is 14.0. The average molecular weight is 389 g/mol. The molecule has 0 atom stereocenters. The third kappa shape index (κ3) is 5.34. The second-order valence-corrected chi connectivity index (χ2v) is 7.55. The second kappa shape index (κ2) is 8.15. The highest BCUT2D eigenvalue weighted by molar-refractivity contribution is 14.1. The van der Waals surface area contributed by atoms with Crippen LogP contribution in [0, 0.1) is 3.57 Å². The van der Waals surface area contributed by atoms with E-state index in [4.69, 9.17) is 0 Å². The highest BCUT2D eigenvalue weighted by Gasteiger charge is 2.13. The van der Waals surface area contributed by atoms with Crippen molar-refractivity contribution >= 4 is 40.3 Å². The second-order valence-electron chi connectivity index (χ2n) is 4.90. The average Bonchev–Trinajstić information content (AvgIpc) is 2.44. The largest absolute Gasteiger partial charge is 0.351 e. The van der Waals surface area contributed by atoms with E-state index in [0.717, 1.165) is 26.7 Å². The molecule has 0 aromatic heterocycles. The van der Waals surface area contributed by atoms with Crippen molar-refractivity contribution in [2.24, 2.45) is 0 Å². The number of hydrogen-bond donors (Lipinski definition) is 1. The fourth-order valence-electron chi connectivity index (χ4n) is 2.35. The van der Waals surface area contributed by atoms with Gasteiger partial charge in [-0.1, -0.05) is 25.3 Å². The number of halogens is 1. The Kier molecular flexibility index (Phi) is 6.50. The molecule has 1 fully saturated rings. The van der Waals surface area contributed by atoms with Gasteiger partial charge in [0.05, 0.1) is 0 Å². The van der Waals surface area contributed by atoms with Gasteiger partial charge < -0.3 is 5.32 Å². The fraction of sp³-hybridized carbons (Fsp3) is 0.533. The maximum atomic E-state index is 11.9. The highest BCUT2D eigenvalue weighted by atomic mass is 127. The number of nitrogens with one attached hydrogen (secondary N) is 1. The van der Waals surface area contributed by atoms with Gasteiger partial charge in [-0.2, -0.15) is 11.8 Å². The molecule has 1 N–H and O–H groups in total. The van der Waals surface area contributed by atoms with Gasteiger partial charge in [-0.05, 0) is 53.6 Å². The number of hydrogen-bond acceptors (Lipinski definition) is 2. The first-order chi connectivity index (χ1) is 9.25. The monoisotopic (exact) mass is 389 g/mol. The minimum atomic E-state index is 0.0442. The number of amides is 1. The van der Waals surface area contributed by atoms with Crippen LogP contribution in [-0.4, -0.2) is 23.5 Å². The van der Waals surface area contributed by atoms with E-state index in [1.54, 1.807) is 0 Å². The van der Waals surface area contributed by atoms with E-state index in [1.807, 2.05) is 36.0 Å². The molecule has 1 amide bonds. The summed E-state index contributed by atoms with van der Waals surface area (Å²) in [5, 5.41) is 3.83. The zero-order chi connectivity index (χ0) is 13.5. The van der Waals surface area contributed by atoms with Crippen molar-refractivity contribution in [3.63, 3.8) is 0 Å². The van der Waals surface area contributed by atoms with E-state index in [2.05, 4.69) is 27.9 Å². The van der Waals surface area contributed by atoms with Crippen molar-refractivity contribution in [2.75, 3.05) is 12.3 Å². The normalized spacial score (nSPS) is 16.3.